The highest BCUT2D eigenvalue weighted by atomic mass is 16.6. The number of hydrogen-bond donors (Lipinski definition) is 1. The number of benzene rings is 1. The van der Waals surface area contributed by atoms with Gasteiger partial charge in [-0.15, -0.1) is 0 Å². The van der Waals surface area contributed by atoms with Crippen molar-refractivity contribution in [3.63, 3.8) is 0 Å². The first kappa shape index (κ1) is 18.2. The Hall–Kier alpha value is -2.11. The molecule has 0 saturated carbocycles. The smallest absolute Gasteiger partial charge is 0.294 e. The molecule has 0 aliphatic carbocycles. The summed E-state index contributed by atoms with van der Waals surface area (Å²) in [6.45, 7) is 10.4. The maximum absolute atomic E-state index is 12.8. The lowest BCUT2D eigenvalue weighted by Gasteiger charge is -2.20. The monoisotopic (exact) mass is 333 g/mol. The molecule has 1 aromatic rings. The van der Waals surface area contributed by atoms with E-state index in [9.17, 15) is 14.9 Å². The number of amides is 1. The molecule has 1 amide bonds. The Bertz CT molecular complexity index is 653. The van der Waals surface area contributed by atoms with Crippen molar-refractivity contribution >= 4 is 23.0 Å². The summed E-state index contributed by atoms with van der Waals surface area (Å²) in [4.78, 5) is 25.6. The minimum absolute atomic E-state index is 0.0181. The van der Waals surface area contributed by atoms with E-state index in [2.05, 4.69) is 12.2 Å². The summed E-state index contributed by atoms with van der Waals surface area (Å²) in [6, 6.07) is 3.41. The number of unbranched alkanes of at least 4 members (excludes halogenated alkanes) is 2. The molecule has 2 rings (SSSR count). The molecule has 1 aliphatic rings. The molecule has 0 aromatic heterocycles. The van der Waals surface area contributed by atoms with Crippen molar-refractivity contribution in [1.29, 1.82) is 0 Å². The highest BCUT2D eigenvalue weighted by molar-refractivity contribution is 6.08. The zero-order valence-corrected chi connectivity index (χ0v) is 15.2. The van der Waals surface area contributed by atoms with Gasteiger partial charge in [0.05, 0.1) is 16.0 Å². The summed E-state index contributed by atoms with van der Waals surface area (Å²) < 4.78 is 0. The minimum atomic E-state index is -0.663. The number of nitro groups is 1. The molecule has 6 heteroatoms. The van der Waals surface area contributed by atoms with Crippen LogP contribution in [0.1, 0.15) is 59.4 Å². The van der Waals surface area contributed by atoms with E-state index in [1.807, 2.05) is 27.7 Å². The van der Waals surface area contributed by atoms with Crippen LogP contribution in [0.25, 0.3) is 0 Å². The lowest BCUT2D eigenvalue weighted by atomic mass is 9.85. The van der Waals surface area contributed by atoms with Crippen LogP contribution in [0.3, 0.4) is 0 Å². The van der Waals surface area contributed by atoms with Gasteiger partial charge in [-0.3, -0.25) is 14.9 Å². The molecule has 132 valence electrons. The third kappa shape index (κ3) is 3.23. The predicted octanol–water partition coefficient (Wildman–Crippen LogP) is 4.23. The van der Waals surface area contributed by atoms with Gasteiger partial charge in [-0.05, 0) is 45.7 Å². The molecule has 0 saturated heterocycles. The van der Waals surface area contributed by atoms with Crippen LogP contribution in [0.15, 0.2) is 12.1 Å². The number of rotatable bonds is 7. The Morgan fingerprint density at radius 3 is 2.50 bits per heavy atom. The van der Waals surface area contributed by atoms with Gasteiger partial charge < -0.3 is 10.2 Å². The molecule has 24 heavy (non-hydrogen) atoms. The predicted molar refractivity (Wildman–Crippen MR) is 96.8 cm³/mol. The number of nitrogens with one attached hydrogen (secondary N) is 1. The normalized spacial score (nSPS) is 15.8. The van der Waals surface area contributed by atoms with Crippen molar-refractivity contribution in [3.8, 4) is 0 Å². The second-order valence-electron chi connectivity index (χ2n) is 7.23. The van der Waals surface area contributed by atoms with E-state index in [-0.39, 0.29) is 22.6 Å². The molecule has 0 spiro atoms. The zero-order chi connectivity index (χ0) is 18.1. The van der Waals surface area contributed by atoms with Crippen LogP contribution in [0, 0.1) is 10.1 Å². The lowest BCUT2D eigenvalue weighted by Crippen LogP contribution is -2.36. The summed E-state index contributed by atoms with van der Waals surface area (Å²) in [7, 11) is 0. The van der Waals surface area contributed by atoms with Gasteiger partial charge in [-0.1, -0.05) is 19.8 Å². The van der Waals surface area contributed by atoms with Crippen LogP contribution in [0.2, 0.25) is 0 Å². The van der Waals surface area contributed by atoms with Crippen LogP contribution < -0.4 is 10.2 Å². The summed E-state index contributed by atoms with van der Waals surface area (Å²) in [5.41, 5.74) is 1.38. The molecule has 0 fully saturated rings. The third-order valence-corrected chi connectivity index (χ3v) is 4.48. The van der Waals surface area contributed by atoms with Gasteiger partial charge in [0.2, 0.25) is 5.91 Å². The Morgan fingerprint density at radius 2 is 1.96 bits per heavy atom. The zero-order valence-electron chi connectivity index (χ0n) is 15.2. The third-order valence-electron chi connectivity index (χ3n) is 4.48. The fourth-order valence-electron chi connectivity index (χ4n) is 3.18. The van der Waals surface area contributed by atoms with Gasteiger partial charge in [0.15, 0.2) is 0 Å². The van der Waals surface area contributed by atoms with Crippen molar-refractivity contribution in [2.75, 3.05) is 16.8 Å². The number of nitro benzene ring substituents is 1. The minimum Gasteiger partial charge on any atom is -0.377 e. The van der Waals surface area contributed by atoms with Gasteiger partial charge in [0.1, 0.15) is 5.69 Å². The van der Waals surface area contributed by atoms with Gasteiger partial charge >= 0.3 is 0 Å². The Balaban J connectivity index is 2.52. The quantitative estimate of drug-likeness (QED) is 0.460. The number of anilines is 2. The molecular formula is C18H27N3O3. The summed E-state index contributed by atoms with van der Waals surface area (Å²) in [5.74, 6) is 0.0181. The van der Waals surface area contributed by atoms with Crippen molar-refractivity contribution in [1.82, 2.24) is 0 Å². The van der Waals surface area contributed by atoms with Crippen LogP contribution in [-0.4, -0.2) is 23.4 Å². The highest BCUT2D eigenvalue weighted by Gasteiger charge is 2.45. The fourth-order valence-corrected chi connectivity index (χ4v) is 3.18. The van der Waals surface area contributed by atoms with Gasteiger partial charge in [0.25, 0.3) is 5.69 Å². The van der Waals surface area contributed by atoms with E-state index >= 15 is 0 Å². The van der Waals surface area contributed by atoms with Crippen LogP contribution >= 0.6 is 0 Å². The number of hydrogen-bond acceptors (Lipinski definition) is 4. The average Bonchev–Trinajstić information content (AvgIpc) is 2.67. The SMILES string of the molecule is CCCCCN1C(=O)C(C)(C)c2cc(NC(C)C)c([N+](=O)[O-])cc21. The maximum Gasteiger partial charge on any atom is 0.294 e. The van der Waals surface area contributed by atoms with Crippen LogP contribution in [0.5, 0.6) is 0 Å². The first-order chi connectivity index (χ1) is 11.2. The number of nitrogens with zero attached hydrogens (tertiary/aromatic N) is 2. The number of carbonyl (C=O) groups is 1. The molecule has 0 atom stereocenters. The maximum atomic E-state index is 12.8. The summed E-state index contributed by atoms with van der Waals surface area (Å²) in [5, 5.41) is 14.6. The van der Waals surface area contributed by atoms with Crippen molar-refractivity contribution in [2.24, 2.45) is 0 Å². The first-order valence-electron chi connectivity index (χ1n) is 8.61. The fraction of sp³-hybridized carbons (Fsp3) is 0.611. The number of carbonyl (C=O) groups excluding carboxylic acids is 1. The van der Waals surface area contributed by atoms with Crippen molar-refractivity contribution in [3.05, 3.63) is 27.8 Å². The molecule has 1 aliphatic heterocycles. The van der Waals surface area contributed by atoms with E-state index < -0.39 is 5.41 Å². The van der Waals surface area contributed by atoms with Crippen LogP contribution in [0.4, 0.5) is 17.1 Å². The Labute approximate surface area is 143 Å². The summed E-state index contributed by atoms with van der Waals surface area (Å²) >= 11 is 0. The topological polar surface area (TPSA) is 75.5 Å². The molecule has 0 radical (unpaired) electrons. The number of fused-ring (bicyclic) bond motifs is 1. The van der Waals surface area contributed by atoms with Gasteiger partial charge in [0, 0.05) is 18.7 Å². The highest BCUT2D eigenvalue weighted by Crippen LogP contribution is 2.46. The van der Waals surface area contributed by atoms with Gasteiger partial charge in [-0.25, -0.2) is 0 Å². The van der Waals surface area contributed by atoms with E-state index in [4.69, 9.17) is 0 Å². The van der Waals surface area contributed by atoms with E-state index in [0.29, 0.717) is 17.9 Å². The largest absolute Gasteiger partial charge is 0.377 e. The second kappa shape index (κ2) is 6.79. The second-order valence-corrected chi connectivity index (χ2v) is 7.23. The Morgan fingerprint density at radius 1 is 1.29 bits per heavy atom. The van der Waals surface area contributed by atoms with Gasteiger partial charge in [-0.2, -0.15) is 0 Å². The molecule has 1 N–H and O–H groups in total. The molecule has 0 unspecified atom stereocenters. The molecular weight excluding hydrogens is 306 g/mol. The summed E-state index contributed by atoms with van der Waals surface area (Å²) in [6.07, 6.45) is 3.00. The van der Waals surface area contributed by atoms with E-state index in [1.54, 1.807) is 17.0 Å². The molecule has 1 aromatic carbocycles. The average molecular weight is 333 g/mol. The van der Waals surface area contributed by atoms with Crippen LogP contribution in [-0.2, 0) is 10.2 Å². The van der Waals surface area contributed by atoms with E-state index in [1.165, 1.54) is 0 Å². The van der Waals surface area contributed by atoms with E-state index in [0.717, 1.165) is 24.8 Å². The Kier molecular flexibility index (Phi) is 5.16. The molecule has 6 nitrogen and oxygen atoms in total. The van der Waals surface area contributed by atoms with Crippen molar-refractivity contribution < 1.29 is 9.72 Å². The first-order valence-corrected chi connectivity index (χ1v) is 8.61. The molecule has 1 heterocycles. The van der Waals surface area contributed by atoms with Crippen molar-refractivity contribution in [2.45, 2.75) is 65.3 Å². The lowest BCUT2D eigenvalue weighted by molar-refractivity contribution is -0.383. The standard InChI is InChI=1S/C18H27N3O3/c1-6-7-8-9-20-15-11-16(21(23)24)14(19-12(2)3)10-13(15)18(4,5)17(20)22/h10-12,19H,6-9H2,1-5H3. The molecule has 0 bridgehead atoms.